The Morgan fingerprint density at radius 2 is 1.89 bits per heavy atom. The van der Waals surface area contributed by atoms with Gasteiger partial charge < -0.3 is 14.2 Å². The molecule has 27 heavy (non-hydrogen) atoms. The molecule has 3 rings (SSSR count). The fourth-order valence-corrected chi connectivity index (χ4v) is 2.60. The Hall–Kier alpha value is -3.26. The van der Waals surface area contributed by atoms with E-state index in [0.29, 0.717) is 6.61 Å². The van der Waals surface area contributed by atoms with Gasteiger partial charge in [0.15, 0.2) is 0 Å². The molecular weight excluding hydrogens is 354 g/mol. The van der Waals surface area contributed by atoms with E-state index in [2.05, 4.69) is 0 Å². The molecule has 0 spiro atoms. The van der Waals surface area contributed by atoms with Crippen molar-refractivity contribution in [3.8, 4) is 5.75 Å². The minimum Gasteiger partial charge on any atom is -0.459 e. The fourth-order valence-electron chi connectivity index (χ4n) is 2.60. The highest BCUT2D eigenvalue weighted by Gasteiger charge is 2.19. The highest BCUT2D eigenvalue weighted by atomic mass is 16.6. The number of benzene rings is 2. The van der Waals surface area contributed by atoms with Crippen LogP contribution in [-0.4, -0.2) is 36.2 Å². The number of hydrogen-bond donors (Lipinski definition) is 0. The quantitative estimate of drug-likeness (QED) is 0.332. The average Bonchev–Trinajstić information content (AvgIpc) is 3.20. The standard InChI is InChI=1S/C19H17NO7/c21-18(26-12-17-5-2-10-25-17)14-3-1-4-16(11-14)27-19(22)13-6-8-15(9-7-13)20(23)24/h1,3-4,6-9,11,17H,2,5,10,12H2. The average molecular weight is 371 g/mol. The van der Waals surface area contributed by atoms with Gasteiger partial charge >= 0.3 is 11.9 Å². The summed E-state index contributed by atoms with van der Waals surface area (Å²) >= 11 is 0. The van der Waals surface area contributed by atoms with Crippen LogP contribution in [0, 0.1) is 10.1 Å². The number of carbonyl (C=O) groups excluding carboxylic acids is 2. The number of ether oxygens (including phenoxy) is 3. The van der Waals surface area contributed by atoms with Crippen LogP contribution in [0.3, 0.4) is 0 Å². The van der Waals surface area contributed by atoms with Crippen molar-refractivity contribution in [2.75, 3.05) is 13.2 Å². The normalized spacial score (nSPS) is 15.9. The maximum absolute atomic E-state index is 12.2. The monoisotopic (exact) mass is 371 g/mol. The number of hydrogen-bond acceptors (Lipinski definition) is 7. The van der Waals surface area contributed by atoms with Crippen LogP contribution in [0.15, 0.2) is 48.5 Å². The van der Waals surface area contributed by atoms with Gasteiger partial charge in [-0.2, -0.15) is 0 Å². The topological polar surface area (TPSA) is 105 Å². The zero-order chi connectivity index (χ0) is 19.2. The minimum atomic E-state index is -0.685. The van der Waals surface area contributed by atoms with Crippen molar-refractivity contribution in [2.45, 2.75) is 18.9 Å². The number of nitrogens with zero attached hydrogens (tertiary/aromatic N) is 1. The first-order chi connectivity index (χ1) is 13.0. The molecule has 1 atom stereocenters. The van der Waals surface area contributed by atoms with E-state index in [1.54, 1.807) is 12.1 Å². The maximum atomic E-state index is 12.2. The van der Waals surface area contributed by atoms with Crippen LogP contribution < -0.4 is 4.74 Å². The van der Waals surface area contributed by atoms with Crippen molar-refractivity contribution in [2.24, 2.45) is 0 Å². The Balaban J connectivity index is 1.61. The molecule has 0 aliphatic carbocycles. The van der Waals surface area contributed by atoms with Gasteiger partial charge in [-0.25, -0.2) is 9.59 Å². The predicted molar refractivity (Wildman–Crippen MR) is 93.8 cm³/mol. The van der Waals surface area contributed by atoms with E-state index in [1.807, 2.05) is 0 Å². The first kappa shape index (κ1) is 18.5. The van der Waals surface area contributed by atoms with Gasteiger partial charge in [0, 0.05) is 18.7 Å². The lowest BCUT2D eigenvalue weighted by atomic mass is 10.2. The van der Waals surface area contributed by atoms with E-state index in [1.165, 1.54) is 36.4 Å². The van der Waals surface area contributed by atoms with Crippen molar-refractivity contribution < 1.29 is 28.7 Å². The summed E-state index contributed by atoms with van der Waals surface area (Å²) in [7, 11) is 0. The third-order valence-corrected chi connectivity index (χ3v) is 4.02. The van der Waals surface area contributed by atoms with E-state index in [4.69, 9.17) is 14.2 Å². The first-order valence-electron chi connectivity index (χ1n) is 8.38. The Morgan fingerprint density at radius 3 is 2.56 bits per heavy atom. The molecule has 0 aromatic heterocycles. The fraction of sp³-hybridized carbons (Fsp3) is 0.263. The molecule has 1 unspecified atom stereocenters. The second kappa shape index (κ2) is 8.41. The second-order valence-electron chi connectivity index (χ2n) is 5.95. The largest absolute Gasteiger partial charge is 0.459 e. The molecular formula is C19H17NO7. The molecule has 1 fully saturated rings. The van der Waals surface area contributed by atoms with Crippen molar-refractivity contribution in [1.29, 1.82) is 0 Å². The molecule has 1 aliphatic rings. The van der Waals surface area contributed by atoms with Gasteiger partial charge in [0.1, 0.15) is 12.4 Å². The van der Waals surface area contributed by atoms with Gasteiger partial charge in [-0.1, -0.05) is 6.07 Å². The van der Waals surface area contributed by atoms with Crippen LogP contribution in [0.2, 0.25) is 0 Å². The molecule has 140 valence electrons. The lowest BCUT2D eigenvalue weighted by molar-refractivity contribution is -0.384. The van der Waals surface area contributed by atoms with E-state index >= 15 is 0 Å². The highest BCUT2D eigenvalue weighted by molar-refractivity contribution is 5.92. The van der Waals surface area contributed by atoms with Gasteiger partial charge in [0.25, 0.3) is 5.69 Å². The third kappa shape index (κ3) is 4.89. The lowest BCUT2D eigenvalue weighted by Crippen LogP contribution is -2.18. The van der Waals surface area contributed by atoms with Crippen LogP contribution in [0.4, 0.5) is 5.69 Å². The van der Waals surface area contributed by atoms with Crippen LogP contribution in [0.1, 0.15) is 33.6 Å². The van der Waals surface area contributed by atoms with E-state index in [-0.39, 0.29) is 35.3 Å². The predicted octanol–water partition coefficient (Wildman–Crippen LogP) is 3.15. The Labute approximate surface area is 154 Å². The van der Waals surface area contributed by atoms with Crippen LogP contribution in [0.5, 0.6) is 5.75 Å². The number of rotatable bonds is 6. The number of carbonyl (C=O) groups is 2. The molecule has 2 aromatic carbocycles. The molecule has 1 saturated heterocycles. The van der Waals surface area contributed by atoms with Crippen LogP contribution >= 0.6 is 0 Å². The molecule has 0 N–H and O–H groups in total. The zero-order valence-electron chi connectivity index (χ0n) is 14.3. The van der Waals surface area contributed by atoms with E-state index in [0.717, 1.165) is 12.8 Å². The molecule has 2 aromatic rings. The lowest BCUT2D eigenvalue weighted by Gasteiger charge is -2.11. The third-order valence-electron chi connectivity index (χ3n) is 4.02. The zero-order valence-corrected chi connectivity index (χ0v) is 14.3. The van der Waals surface area contributed by atoms with Crippen molar-refractivity contribution in [3.05, 3.63) is 69.8 Å². The summed E-state index contributed by atoms with van der Waals surface area (Å²) in [4.78, 5) is 34.4. The first-order valence-corrected chi connectivity index (χ1v) is 8.38. The van der Waals surface area contributed by atoms with Crippen molar-refractivity contribution in [1.82, 2.24) is 0 Å². The maximum Gasteiger partial charge on any atom is 0.343 e. The summed E-state index contributed by atoms with van der Waals surface area (Å²) in [5.74, 6) is -1.04. The molecule has 0 radical (unpaired) electrons. The SMILES string of the molecule is O=C(OCC1CCCO1)c1cccc(OC(=O)c2ccc([N+](=O)[O-])cc2)c1. The highest BCUT2D eigenvalue weighted by Crippen LogP contribution is 2.18. The summed E-state index contributed by atoms with van der Waals surface area (Å²) in [6.45, 7) is 0.863. The van der Waals surface area contributed by atoms with Gasteiger partial charge in [-0.3, -0.25) is 10.1 Å². The summed E-state index contributed by atoms with van der Waals surface area (Å²) in [5, 5.41) is 10.6. The number of nitro groups is 1. The Kier molecular flexibility index (Phi) is 5.77. The van der Waals surface area contributed by atoms with E-state index in [9.17, 15) is 19.7 Å². The van der Waals surface area contributed by atoms with Gasteiger partial charge in [-0.05, 0) is 43.2 Å². The second-order valence-corrected chi connectivity index (χ2v) is 5.95. The van der Waals surface area contributed by atoms with Crippen molar-refractivity contribution in [3.63, 3.8) is 0 Å². The van der Waals surface area contributed by atoms with Crippen LogP contribution in [-0.2, 0) is 9.47 Å². The summed E-state index contributed by atoms with van der Waals surface area (Å²) in [5.41, 5.74) is 0.288. The van der Waals surface area contributed by atoms with Crippen molar-refractivity contribution >= 4 is 17.6 Å². The molecule has 1 heterocycles. The number of non-ortho nitro benzene ring substituents is 1. The smallest absolute Gasteiger partial charge is 0.343 e. The van der Waals surface area contributed by atoms with E-state index < -0.39 is 16.9 Å². The molecule has 0 amide bonds. The molecule has 0 saturated carbocycles. The number of nitro benzene ring substituents is 1. The summed E-state index contributed by atoms with van der Waals surface area (Å²) < 4.78 is 15.9. The molecule has 8 heteroatoms. The Bertz CT molecular complexity index is 841. The minimum absolute atomic E-state index is 0.0721. The number of esters is 2. The Morgan fingerprint density at radius 1 is 1.11 bits per heavy atom. The van der Waals surface area contributed by atoms with Gasteiger partial charge in [0.2, 0.25) is 0 Å². The van der Waals surface area contributed by atoms with Gasteiger partial charge in [-0.15, -0.1) is 0 Å². The van der Waals surface area contributed by atoms with Gasteiger partial charge in [0.05, 0.1) is 22.2 Å². The molecule has 0 bridgehead atoms. The summed E-state index contributed by atoms with van der Waals surface area (Å²) in [6.07, 6.45) is 1.74. The van der Waals surface area contributed by atoms with Crippen LogP contribution in [0.25, 0.3) is 0 Å². The molecule has 1 aliphatic heterocycles. The summed E-state index contributed by atoms with van der Waals surface area (Å²) in [6, 6.07) is 11.1. The molecule has 8 nitrogen and oxygen atoms in total.